The van der Waals surface area contributed by atoms with E-state index in [0.29, 0.717) is 6.54 Å². The van der Waals surface area contributed by atoms with Crippen molar-refractivity contribution in [2.24, 2.45) is 5.92 Å². The highest BCUT2D eigenvalue weighted by Crippen LogP contribution is 2.31. The molecule has 0 heterocycles. The minimum Gasteiger partial charge on any atom is -0.495 e. The molecule has 0 aliphatic carbocycles. The summed E-state index contributed by atoms with van der Waals surface area (Å²) in [5.74, 6) is 0.465. The van der Waals surface area contributed by atoms with Crippen molar-refractivity contribution in [1.29, 1.82) is 0 Å². The van der Waals surface area contributed by atoms with E-state index in [1.165, 1.54) is 7.11 Å². The van der Waals surface area contributed by atoms with E-state index in [0.717, 1.165) is 22.3 Å². The smallest absolute Gasteiger partial charge is 0.310 e. The summed E-state index contributed by atoms with van der Waals surface area (Å²) in [6.45, 7) is 2.57. The average molecular weight is 330 g/mol. The Bertz CT molecular complexity index is 437. The summed E-state index contributed by atoms with van der Waals surface area (Å²) < 4.78 is 11.1. The first-order valence-corrected chi connectivity index (χ1v) is 6.95. The van der Waals surface area contributed by atoms with Gasteiger partial charge in [0, 0.05) is 18.1 Å². The highest BCUT2D eigenvalue weighted by Gasteiger charge is 2.20. The Morgan fingerprint density at radius 3 is 2.63 bits per heavy atom. The predicted octanol–water partition coefficient (Wildman–Crippen LogP) is 3.09. The molecular formula is C14H20BrNO3. The third-order valence-electron chi connectivity index (χ3n) is 3.07. The molecule has 4 nitrogen and oxygen atoms in total. The maximum absolute atomic E-state index is 11.6. The van der Waals surface area contributed by atoms with Crippen LogP contribution in [0.15, 0.2) is 22.7 Å². The van der Waals surface area contributed by atoms with Crippen molar-refractivity contribution in [3.63, 3.8) is 0 Å². The van der Waals surface area contributed by atoms with Gasteiger partial charge in [-0.05, 0) is 24.6 Å². The predicted molar refractivity (Wildman–Crippen MR) is 79.8 cm³/mol. The molecule has 1 rings (SSSR count). The summed E-state index contributed by atoms with van der Waals surface area (Å²) in [5.41, 5.74) is 0.944. The summed E-state index contributed by atoms with van der Waals surface area (Å²) in [4.78, 5) is 13.7. The molecule has 0 radical (unpaired) electrons. The van der Waals surface area contributed by atoms with E-state index < -0.39 is 0 Å². The zero-order chi connectivity index (χ0) is 14.4. The number of halogens is 1. The fraction of sp³-hybridized carbons (Fsp3) is 0.500. The molecule has 0 spiro atoms. The third-order valence-corrected chi connectivity index (χ3v) is 3.57. The Labute approximate surface area is 122 Å². The molecule has 1 unspecified atom stereocenters. The molecule has 0 saturated carbocycles. The van der Waals surface area contributed by atoms with E-state index in [4.69, 9.17) is 9.47 Å². The van der Waals surface area contributed by atoms with Crippen molar-refractivity contribution in [3.8, 4) is 5.75 Å². The Kier molecular flexibility index (Phi) is 6.15. The molecule has 0 saturated heterocycles. The zero-order valence-corrected chi connectivity index (χ0v) is 13.4. The van der Waals surface area contributed by atoms with Crippen molar-refractivity contribution in [2.45, 2.75) is 13.3 Å². The van der Waals surface area contributed by atoms with Gasteiger partial charge < -0.3 is 14.4 Å². The quantitative estimate of drug-likeness (QED) is 0.752. The first kappa shape index (κ1) is 15.8. The minimum atomic E-state index is -0.177. The maximum atomic E-state index is 11.6. The van der Waals surface area contributed by atoms with E-state index in [-0.39, 0.29) is 11.9 Å². The van der Waals surface area contributed by atoms with Gasteiger partial charge in [-0.15, -0.1) is 0 Å². The Balaban J connectivity index is 2.90. The van der Waals surface area contributed by atoms with Crippen LogP contribution in [0.1, 0.15) is 13.3 Å². The zero-order valence-electron chi connectivity index (χ0n) is 11.8. The number of anilines is 1. The number of carbonyl (C=O) groups is 1. The van der Waals surface area contributed by atoms with Crippen molar-refractivity contribution in [3.05, 3.63) is 22.7 Å². The van der Waals surface area contributed by atoms with E-state index in [1.54, 1.807) is 7.11 Å². The van der Waals surface area contributed by atoms with Crippen LogP contribution >= 0.6 is 15.9 Å². The van der Waals surface area contributed by atoms with Gasteiger partial charge in [-0.2, -0.15) is 0 Å². The molecule has 0 aliphatic heterocycles. The monoisotopic (exact) mass is 329 g/mol. The normalized spacial score (nSPS) is 11.8. The summed E-state index contributed by atoms with van der Waals surface area (Å²) in [5, 5.41) is 0. The molecular weight excluding hydrogens is 310 g/mol. The van der Waals surface area contributed by atoms with E-state index >= 15 is 0 Å². The largest absolute Gasteiger partial charge is 0.495 e. The van der Waals surface area contributed by atoms with Crippen LogP contribution in [0, 0.1) is 5.92 Å². The molecule has 106 valence electrons. The summed E-state index contributed by atoms with van der Waals surface area (Å²) in [7, 11) is 5.00. The number of hydrogen-bond acceptors (Lipinski definition) is 4. The number of carbonyl (C=O) groups excluding carboxylic acids is 1. The van der Waals surface area contributed by atoms with Crippen molar-refractivity contribution in [2.75, 3.05) is 32.7 Å². The van der Waals surface area contributed by atoms with Gasteiger partial charge in [-0.3, -0.25) is 4.79 Å². The summed E-state index contributed by atoms with van der Waals surface area (Å²) >= 11 is 3.45. The molecule has 0 bridgehead atoms. The second-order valence-electron chi connectivity index (χ2n) is 4.33. The van der Waals surface area contributed by atoms with Crippen molar-refractivity contribution in [1.82, 2.24) is 0 Å². The van der Waals surface area contributed by atoms with Gasteiger partial charge in [0.2, 0.25) is 0 Å². The van der Waals surface area contributed by atoms with Gasteiger partial charge in [0.05, 0.1) is 25.8 Å². The number of esters is 1. The Morgan fingerprint density at radius 1 is 1.42 bits per heavy atom. The second kappa shape index (κ2) is 7.38. The molecule has 1 aromatic carbocycles. The lowest BCUT2D eigenvalue weighted by Crippen LogP contribution is -2.31. The first-order chi connectivity index (χ1) is 9.03. The van der Waals surface area contributed by atoms with Crippen LogP contribution in [0.4, 0.5) is 5.69 Å². The van der Waals surface area contributed by atoms with Gasteiger partial charge in [0.25, 0.3) is 0 Å². The van der Waals surface area contributed by atoms with Crippen LogP contribution in [0.5, 0.6) is 5.75 Å². The van der Waals surface area contributed by atoms with Crippen LogP contribution in [0.2, 0.25) is 0 Å². The van der Waals surface area contributed by atoms with E-state index in [1.807, 2.05) is 37.1 Å². The van der Waals surface area contributed by atoms with Crippen LogP contribution in [0.3, 0.4) is 0 Å². The number of hydrogen-bond donors (Lipinski definition) is 0. The molecule has 19 heavy (non-hydrogen) atoms. The topological polar surface area (TPSA) is 38.8 Å². The number of ether oxygens (including phenoxy) is 2. The molecule has 5 heteroatoms. The number of methoxy groups -OCH3 is 2. The molecule has 0 N–H and O–H groups in total. The lowest BCUT2D eigenvalue weighted by molar-refractivity contribution is -0.145. The van der Waals surface area contributed by atoms with Gasteiger partial charge >= 0.3 is 5.97 Å². The molecule has 1 aromatic rings. The molecule has 0 amide bonds. The standard InChI is InChI=1S/C14H20BrNO3/c1-5-10(14(17)19-4)9-16(2)12-8-11(15)6-7-13(12)18-3/h6-8,10H,5,9H2,1-4H3. The fourth-order valence-electron chi connectivity index (χ4n) is 1.93. The lowest BCUT2D eigenvalue weighted by atomic mass is 10.1. The third kappa shape index (κ3) is 4.13. The number of benzene rings is 1. The van der Waals surface area contributed by atoms with Gasteiger partial charge in [0.15, 0.2) is 0 Å². The number of rotatable bonds is 6. The highest BCUT2D eigenvalue weighted by molar-refractivity contribution is 9.10. The van der Waals surface area contributed by atoms with Crippen LogP contribution < -0.4 is 9.64 Å². The first-order valence-electron chi connectivity index (χ1n) is 6.16. The van der Waals surface area contributed by atoms with E-state index in [9.17, 15) is 4.79 Å². The van der Waals surface area contributed by atoms with Crippen molar-refractivity contribution < 1.29 is 14.3 Å². The average Bonchev–Trinajstić information content (AvgIpc) is 2.43. The van der Waals surface area contributed by atoms with Crippen molar-refractivity contribution >= 4 is 27.6 Å². The molecule has 0 fully saturated rings. The van der Waals surface area contributed by atoms with Gasteiger partial charge in [-0.1, -0.05) is 22.9 Å². The van der Waals surface area contributed by atoms with Crippen LogP contribution in [-0.4, -0.2) is 33.8 Å². The molecule has 0 aromatic heterocycles. The van der Waals surface area contributed by atoms with Gasteiger partial charge in [0.1, 0.15) is 5.75 Å². The minimum absolute atomic E-state index is 0.140. The Morgan fingerprint density at radius 2 is 2.11 bits per heavy atom. The fourth-order valence-corrected chi connectivity index (χ4v) is 2.28. The lowest BCUT2D eigenvalue weighted by Gasteiger charge is -2.25. The number of nitrogens with zero attached hydrogens (tertiary/aromatic N) is 1. The SMILES string of the molecule is CCC(CN(C)c1cc(Br)ccc1OC)C(=O)OC. The highest BCUT2D eigenvalue weighted by atomic mass is 79.9. The molecule has 0 aliphatic rings. The second-order valence-corrected chi connectivity index (χ2v) is 5.24. The molecule has 1 atom stereocenters. The van der Waals surface area contributed by atoms with Crippen LogP contribution in [0.25, 0.3) is 0 Å². The van der Waals surface area contributed by atoms with Crippen LogP contribution in [-0.2, 0) is 9.53 Å². The van der Waals surface area contributed by atoms with E-state index in [2.05, 4.69) is 15.9 Å². The van der Waals surface area contributed by atoms with Gasteiger partial charge in [-0.25, -0.2) is 0 Å². The summed E-state index contributed by atoms with van der Waals surface area (Å²) in [6.07, 6.45) is 0.743. The maximum Gasteiger partial charge on any atom is 0.310 e. The summed E-state index contributed by atoms with van der Waals surface area (Å²) in [6, 6.07) is 5.80. The Hall–Kier alpha value is -1.23.